The van der Waals surface area contributed by atoms with E-state index in [4.69, 9.17) is 0 Å². The van der Waals surface area contributed by atoms with E-state index in [1.807, 2.05) is 11.3 Å². The highest BCUT2D eigenvalue weighted by molar-refractivity contribution is 7.26. The number of hydrogen-bond acceptors (Lipinski definition) is 2. The summed E-state index contributed by atoms with van der Waals surface area (Å²) < 4.78 is 5.12. The fourth-order valence-corrected chi connectivity index (χ4v) is 10.4. The molecular weight excluding hydrogens is 733 g/mol. The monoisotopic (exact) mass is 768 g/mol. The van der Waals surface area contributed by atoms with Crippen molar-refractivity contribution >= 4 is 91.9 Å². The van der Waals surface area contributed by atoms with Gasteiger partial charge in [-0.2, -0.15) is 0 Å². The predicted molar refractivity (Wildman–Crippen MR) is 254 cm³/mol. The molecule has 0 N–H and O–H groups in total. The molecule has 0 spiro atoms. The van der Waals surface area contributed by atoms with Crippen molar-refractivity contribution in [1.29, 1.82) is 0 Å². The van der Waals surface area contributed by atoms with E-state index in [1.54, 1.807) is 0 Å². The van der Waals surface area contributed by atoms with Crippen molar-refractivity contribution in [3.8, 4) is 27.9 Å². The molecule has 10 aromatic carbocycles. The van der Waals surface area contributed by atoms with Gasteiger partial charge in [0.25, 0.3) is 0 Å². The van der Waals surface area contributed by atoms with Crippen molar-refractivity contribution in [3.05, 3.63) is 218 Å². The van der Waals surface area contributed by atoms with Crippen molar-refractivity contribution in [3.63, 3.8) is 0 Å². The summed E-state index contributed by atoms with van der Waals surface area (Å²) in [5.74, 6) is 0. The minimum atomic E-state index is 1.11. The molecule has 0 radical (unpaired) electrons. The van der Waals surface area contributed by atoms with Crippen LogP contribution in [0.2, 0.25) is 0 Å². The lowest BCUT2D eigenvalue weighted by molar-refractivity contribution is 1.17. The number of aromatic nitrogens is 1. The molecule has 0 amide bonds. The van der Waals surface area contributed by atoms with Crippen LogP contribution in [0.15, 0.2) is 218 Å². The molecule has 0 bridgehead atoms. The number of hydrogen-bond donors (Lipinski definition) is 0. The summed E-state index contributed by atoms with van der Waals surface area (Å²) in [4.78, 5) is 2.49. The quantitative estimate of drug-likeness (QED) is 0.153. The van der Waals surface area contributed by atoms with Crippen LogP contribution in [0.3, 0.4) is 0 Å². The van der Waals surface area contributed by atoms with Crippen LogP contribution in [0.4, 0.5) is 17.1 Å². The third kappa shape index (κ3) is 5.40. The van der Waals surface area contributed by atoms with Gasteiger partial charge in [-0.15, -0.1) is 11.3 Å². The fraction of sp³-hybridized carbons (Fsp3) is 0. The summed E-state index contributed by atoms with van der Waals surface area (Å²) in [6.07, 6.45) is 0. The first kappa shape index (κ1) is 33.7. The number of nitrogens with zero attached hydrogens (tertiary/aromatic N) is 2. The number of fused-ring (bicyclic) bond motifs is 9. The molecule has 0 unspecified atom stereocenters. The van der Waals surface area contributed by atoms with Gasteiger partial charge >= 0.3 is 0 Å². The Kier molecular flexibility index (Phi) is 7.75. The normalized spacial score (nSPS) is 11.7. The second-order valence-corrected chi connectivity index (χ2v) is 16.4. The Balaban J connectivity index is 1.25. The summed E-state index contributed by atoms with van der Waals surface area (Å²) in [6, 6.07) is 80.1. The summed E-state index contributed by atoms with van der Waals surface area (Å²) in [5, 5.41) is 9.95. The van der Waals surface area contributed by atoms with E-state index in [0.717, 1.165) is 28.3 Å². The third-order valence-electron chi connectivity index (χ3n) is 11.9. The highest BCUT2D eigenvalue weighted by Gasteiger charge is 2.26. The van der Waals surface area contributed by atoms with Crippen molar-refractivity contribution in [2.75, 3.05) is 4.90 Å². The number of thiophene rings is 1. The zero-order valence-electron chi connectivity index (χ0n) is 32.1. The summed E-state index contributed by atoms with van der Waals surface area (Å²) >= 11 is 1.86. The highest BCUT2D eigenvalue weighted by atomic mass is 32.1. The van der Waals surface area contributed by atoms with Gasteiger partial charge in [-0.05, 0) is 98.9 Å². The van der Waals surface area contributed by atoms with Gasteiger partial charge in [0.15, 0.2) is 0 Å². The predicted octanol–water partition coefficient (Wildman–Crippen LogP) is 16.3. The van der Waals surface area contributed by atoms with Crippen LogP contribution < -0.4 is 4.90 Å². The molecule has 2 aromatic heterocycles. The van der Waals surface area contributed by atoms with Gasteiger partial charge in [-0.1, -0.05) is 158 Å². The van der Waals surface area contributed by atoms with Crippen LogP contribution in [-0.4, -0.2) is 4.57 Å². The number of para-hydroxylation sites is 2. The highest BCUT2D eigenvalue weighted by Crippen LogP contribution is 2.50. The largest absolute Gasteiger partial charge is 0.308 e. The molecule has 12 rings (SSSR count). The van der Waals surface area contributed by atoms with Gasteiger partial charge in [0.05, 0.1) is 22.4 Å². The van der Waals surface area contributed by atoms with Gasteiger partial charge in [-0.25, -0.2) is 0 Å². The molecule has 0 aliphatic carbocycles. The Labute approximate surface area is 346 Å². The Bertz CT molecular complexity index is 3550. The lowest BCUT2D eigenvalue weighted by atomic mass is 9.95. The zero-order valence-corrected chi connectivity index (χ0v) is 32.9. The molecule has 12 aromatic rings. The first-order valence-corrected chi connectivity index (χ1v) is 21.0. The topological polar surface area (TPSA) is 8.17 Å². The number of rotatable bonds is 6. The standard InChI is InChI=1S/C56H36N2S/c1-4-16-37(17-5-1)41-35-48(38-18-6-2-7-19-38)55-49(36-41)46-25-14-27-51(56(46)58(55)43-32-33-45-40(34-43)31-30-39-20-10-11-23-44(39)45)57(42-21-8-3-9-22-42)50-26-15-29-53-54(50)47-24-12-13-28-52(47)59-53/h1-36H. The SMILES string of the molecule is c1ccc(-c2cc(-c3ccccc3)c3c(c2)c2cccc(N(c4ccccc4)c4cccc5sc6ccccc6c45)c2n3-c2ccc3c(ccc4ccccc43)c2)cc1. The molecule has 0 aliphatic rings. The van der Waals surface area contributed by atoms with Crippen molar-refractivity contribution < 1.29 is 0 Å². The molecule has 0 saturated carbocycles. The number of benzene rings is 10. The Morgan fingerprint density at radius 2 is 0.983 bits per heavy atom. The second-order valence-electron chi connectivity index (χ2n) is 15.3. The molecule has 2 nitrogen and oxygen atoms in total. The molecule has 0 atom stereocenters. The van der Waals surface area contributed by atoms with Crippen LogP contribution in [0.25, 0.3) is 91.5 Å². The molecule has 276 valence electrons. The zero-order chi connectivity index (χ0) is 38.9. The average Bonchev–Trinajstić information content (AvgIpc) is 3.86. The maximum Gasteiger partial charge on any atom is 0.0782 e. The van der Waals surface area contributed by atoms with Crippen molar-refractivity contribution in [1.82, 2.24) is 4.57 Å². The number of anilines is 3. The maximum absolute atomic E-state index is 2.55. The Morgan fingerprint density at radius 3 is 1.81 bits per heavy atom. The molecule has 3 heteroatoms. The molecule has 0 fully saturated rings. The van der Waals surface area contributed by atoms with Crippen molar-refractivity contribution in [2.45, 2.75) is 0 Å². The van der Waals surface area contributed by atoms with Gasteiger partial charge in [0.2, 0.25) is 0 Å². The maximum atomic E-state index is 2.55. The first-order chi connectivity index (χ1) is 29.3. The fourth-order valence-electron chi connectivity index (χ4n) is 9.32. The molecular formula is C56H36N2S. The van der Waals surface area contributed by atoms with Gasteiger partial charge < -0.3 is 9.47 Å². The smallest absolute Gasteiger partial charge is 0.0782 e. The van der Waals surface area contributed by atoms with E-state index >= 15 is 0 Å². The van der Waals surface area contributed by atoms with E-state index in [-0.39, 0.29) is 0 Å². The minimum absolute atomic E-state index is 1.11. The van der Waals surface area contributed by atoms with Gasteiger partial charge in [0.1, 0.15) is 0 Å². The van der Waals surface area contributed by atoms with Crippen LogP contribution in [-0.2, 0) is 0 Å². The van der Waals surface area contributed by atoms with Crippen LogP contribution in [0.5, 0.6) is 0 Å². The van der Waals surface area contributed by atoms with Crippen LogP contribution in [0, 0.1) is 0 Å². The van der Waals surface area contributed by atoms with Gasteiger partial charge in [0, 0.05) is 47.9 Å². The van der Waals surface area contributed by atoms with Crippen LogP contribution >= 0.6 is 11.3 Å². The lowest BCUT2D eigenvalue weighted by Crippen LogP contribution is -2.12. The van der Waals surface area contributed by atoms with Crippen LogP contribution in [0.1, 0.15) is 0 Å². The summed E-state index contributed by atoms with van der Waals surface area (Å²) in [5.41, 5.74) is 11.6. The van der Waals surface area contributed by atoms with E-state index < -0.39 is 0 Å². The first-order valence-electron chi connectivity index (χ1n) is 20.2. The van der Waals surface area contributed by atoms with E-state index in [0.29, 0.717) is 0 Å². The Hall–Kier alpha value is -7.46. The second kappa shape index (κ2) is 13.6. The van der Waals surface area contributed by atoms with Gasteiger partial charge in [-0.3, -0.25) is 0 Å². The van der Waals surface area contributed by atoms with Crippen molar-refractivity contribution in [2.24, 2.45) is 0 Å². The van der Waals surface area contributed by atoms with E-state index in [9.17, 15) is 0 Å². The van der Waals surface area contributed by atoms with E-state index in [2.05, 4.69) is 228 Å². The third-order valence-corrected chi connectivity index (χ3v) is 13.1. The van der Waals surface area contributed by atoms with E-state index in [1.165, 1.54) is 80.3 Å². The molecule has 2 heterocycles. The lowest BCUT2D eigenvalue weighted by Gasteiger charge is -2.28. The minimum Gasteiger partial charge on any atom is -0.308 e. The average molecular weight is 769 g/mol. The summed E-state index contributed by atoms with van der Waals surface area (Å²) in [7, 11) is 0. The molecule has 59 heavy (non-hydrogen) atoms. The molecule has 0 aliphatic heterocycles. The Morgan fingerprint density at radius 1 is 0.356 bits per heavy atom. The summed E-state index contributed by atoms with van der Waals surface area (Å²) in [6.45, 7) is 0. The molecule has 0 saturated heterocycles.